The predicted octanol–water partition coefficient (Wildman–Crippen LogP) is 13.8. The van der Waals surface area contributed by atoms with E-state index in [0.717, 1.165) is 68.1 Å². The van der Waals surface area contributed by atoms with Gasteiger partial charge in [0.1, 0.15) is 5.52 Å². The van der Waals surface area contributed by atoms with Crippen LogP contribution in [0.15, 0.2) is 186 Å². The smallest absolute Gasteiger partial charge is 0.227 e. The zero-order chi connectivity index (χ0) is 36.3. The summed E-state index contributed by atoms with van der Waals surface area (Å²) >= 11 is 0. The Kier molecular flexibility index (Phi) is 7.27. The Bertz CT molecular complexity index is 3080. The van der Waals surface area contributed by atoms with Crippen molar-refractivity contribution in [1.82, 2.24) is 9.55 Å². The number of aromatic nitrogens is 2. The van der Waals surface area contributed by atoms with Crippen molar-refractivity contribution in [2.75, 3.05) is 4.90 Å². The maximum Gasteiger partial charge on any atom is 0.227 e. The van der Waals surface area contributed by atoms with E-state index in [4.69, 9.17) is 9.40 Å². The van der Waals surface area contributed by atoms with Crippen molar-refractivity contribution < 1.29 is 4.42 Å². The molecule has 0 radical (unpaired) electrons. The van der Waals surface area contributed by atoms with Gasteiger partial charge < -0.3 is 13.9 Å². The van der Waals surface area contributed by atoms with Gasteiger partial charge in [-0.3, -0.25) is 0 Å². The quantitative estimate of drug-likeness (QED) is 0.162. The van der Waals surface area contributed by atoms with Crippen LogP contribution in [0.5, 0.6) is 0 Å². The van der Waals surface area contributed by atoms with Gasteiger partial charge in [-0.15, -0.1) is 0 Å². The molecule has 0 spiro atoms. The summed E-state index contributed by atoms with van der Waals surface area (Å²) in [5.74, 6) is 0.629. The van der Waals surface area contributed by atoms with E-state index in [0.29, 0.717) is 5.89 Å². The zero-order valence-electron chi connectivity index (χ0n) is 30.1. The highest BCUT2D eigenvalue weighted by atomic mass is 16.3. The van der Waals surface area contributed by atoms with Crippen molar-refractivity contribution in [2.24, 2.45) is 0 Å². The van der Waals surface area contributed by atoms with Gasteiger partial charge in [-0.1, -0.05) is 121 Å². The summed E-state index contributed by atoms with van der Waals surface area (Å²) in [6, 6.07) is 62.7. The summed E-state index contributed by atoms with van der Waals surface area (Å²) in [6.45, 7) is 0. The van der Waals surface area contributed by atoms with Crippen molar-refractivity contribution in [2.45, 2.75) is 12.8 Å². The number of para-hydroxylation sites is 2. The van der Waals surface area contributed by atoms with Gasteiger partial charge in [0, 0.05) is 44.7 Å². The second-order valence-electron chi connectivity index (χ2n) is 14.3. The Morgan fingerprint density at radius 1 is 0.564 bits per heavy atom. The number of aryl methyl sites for hydroxylation is 1. The van der Waals surface area contributed by atoms with Crippen LogP contribution in [0, 0.1) is 0 Å². The zero-order valence-corrected chi connectivity index (χ0v) is 30.1. The molecule has 260 valence electrons. The Balaban J connectivity index is 1.14. The van der Waals surface area contributed by atoms with Crippen LogP contribution in [-0.2, 0) is 6.42 Å². The van der Waals surface area contributed by atoms with Crippen LogP contribution in [0.25, 0.3) is 77.9 Å². The van der Waals surface area contributed by atoms with E-state index < -0.39 is 0 Å². The van der Waals surface area contributed by atoms with E-state index >= 15 is 0 Å². The fraction of sp³-hybridized carbons (Fsp3) is 0.0392. The average Bonchev–Trinajstić information content (AvgIpc) is 3.84. The number of fused-ring (bicyclic) bond motifs is 8. The predicted molar refractivity (Wildman–Crippen MR) is 229 cm³/mol. The summed E-state index contributed by atoms with van der Waals surface area (Å²) in [5.41, 5.74) is 13.3. The van der Waals surface area contributed by atoms with Gasteiger partial charge >= 0.3 is 0 Å². The van der Waals surface area contributed by atoms with E-state index in [1.807, 2.05) is 30.3 Å². The van der Waals surface area contributed by atoms with E-state index in [1.165, 1.54) is 39.0 Å². The highest BCUT2D eigenvalue weighted by molar-refractivity contribution is 6.18. The molecule has 2 heterocycles. The number of hydrogen-bond acceptors (Lipinski definition) is 3. The maximum atomic E-state index is 6.60. The second kappa shape index (κ2) is 12.8. The lowest BCUT2D eigenvalue weighted by Crippen LogP contribution is -2.10. The van der Waals surface area contributed by atoms with Crippen molar-refractivity contribution >= 4 is 66.7 Å². The molecule has 0 atom stereocenters. The third-order valence-corrected chi connectivity index (χ3v) is 11.1. The van der Waals surface area contributed by atoms with Crippen LogP contribution in [-0.4, -0.2) is 9.55 Å². The van der Waals surface area contributed by atoms with Gasteiger partial charge in [-0.2, -0.15) is 0 Å². The van der Waals surface area contributed by atoms with Crippen LogP contribution in [0.2, 0.25) is 0 Å². The normalized spacial score (nSPS) is 12.5. The first-order chi connectivity index (χ1) is 27.3. The third kappa shape index (κ3) is 5.18. The van der Waals surface area contributed by atoms with Crippen LogP contribution < -0.4 is 4.90 Å². The fourth-order valence-corrected chi connectivity index (χ4v) is 8.53. The number of anilines is 3. The molecular formula is C51H35N3O. The van der Waals surface area contributed by atoms with Crippen molar-refractivity contribution in [3.8, 4) is 28.3 Å². The average molecular weight is 706 g/mol. The Labute approximate surface area is 318 Å². The molecule has 1 aliphatic carbocycles. The number of oxazole rings is 1. The summed E-state index contributed by atoms with van der Waals surface area (Å²) < 4.78 is 9.08. The molecule has 1 aliphatic rings. The molecule has 0 amide bonds. The molecule has 0 bridgehead atoms. The van der Waals surface area contributed by atoms with Gasteiger partial charge in [0.25, 0.3) is 0 Å². The standard InChI is InChI=1S/C51H35N3O/c1-4-14-34(15-5-1)41-20-10-12-22-46(41)54-47-23-13-11-21-42(47)43-30-29-40(33-48(43)54)53(38-18-8-3-9-19-38)39-28-26-35-24-25-36-27-31-45-50(49(36)44(35)32-39)55-51(52-45)37-16-6-2-7-17-37/h1-10,12-20,22-33H,11,21H2. The molecular weight excluding hydrogens is 671 g/mol. The van der Waals surface area contributed by atoms with E-state index in [9.17, 15) is 0 Å². The first-order valence-corrected chi connectivity index (χ1v) is 18.9. The van der Waals surface area contributed by atoms with E-state index in [-0.39, 0.29) is 0 Å². The lowest BCUT2D eigenvalue weighted by molar-refractivity contribution is 0.623. The van der Waals surface area contributed by atoms with Gasteiger partial charge in [0.15, 0.2) is 5.58 Å². The lowest BCUT2D eigenvalue weighted by Gasteiger charge is -2.26. The fourth-order valence-electron chi connectivity index (χ4n) is 8.53. The molecule has 0 N–H and O–H groups in total. The Hall–Kier alpha value is -7.17. The van der Waals surface area contributed by atoms with Crippen molar-refractivity contribution in [3.63, 3.8) is 0 Å². The molecule has 4 nitrogen and oxygen atoms in total. The molecule has 8 aromatic carbocycles. The molecule has 55 heavy (non-hydrogen) atoms. The lowest BCUT2D eigenvalue weighted by atomic mass is 9.99. The summed E-state index contributed by atoms with van der Waals surface area (Å²) in [7, 11) is 0. The third-order valence-electron chi connectivity index (χ3n) is 11.1. The molecule has 4 heteroatoms. The van der Waals surface area contributed by atoms with E-state index in [2.05, 4.69) is 167 Å². The number of benzene rings is 8. The minimum Gasteiger partial charge on any atom is -0.435 e. The molecule has 0 saturated carbocycles. The van der Waals surface area contributed by atoms with Crippen molar-refractivity contribution in [3.05, 3.63) is 193 Å². The number of hydrogen-bond donors (Lipinski definition) is 0. The van der Waals surface area contributed by atoms with Crippen LogP contribution in [0.4, 0.5) is 17.1 Å². The van der Waals surface area contributed by atoms with Gasteiger partial charge in [0.05, 0.1) is 11.2 Å². The highest BCUT2D eigenvalue weighted by Crippen LogP contribution is 2.43. The maximum absolute atomic E-state index is 6.60. The number of rotatable bonds is 6. The van der Waals surface area contributed by atoms with Gasteiger partial charge in [-0.25, -0.2) is 4.98 Å². The highest BCUT2D eigenvalue weighted by Gasteiger charge is 2.23. The molecule has 10 aromatic rings. The first kappa shape index (κ1) is 31.4. The minimum absolute atomic E-state index is 0.629. The van der Waals surface area contributed by atoms with Crippen LogP contribution >= 0.6 is 0 Å². The van der Waals surface area contributed by atoms with Crippen LogP contribution in [0.1, 0.15) is 17.7 Å². The largest absolute Gasteiger partial charge is 0.435 e. The van der Waals surface area contributed by atoms with E-state index in [1.54, 1.807) is 0 Å². The minimum atomic E-state index is 0.629. The second-order valence-corrected chi connectivity index (χ2v) is 14.3. The molecule has 0 aliphatic heterocycles. The molecule has 0 unspecified atom stereocenters. The molecule has 11 rings (SSSR count). The molecule has 0 fully saturated rings. The topological polar surface area (TPSA) is 34.2 Å². The van der Waals surface area contributed by atoms with Crippen LogP contribution in [0.3, 0.4) is 0 Å². The molecule has 2 aromatic heterocycles. The summed E-state index contributed by atoms with van der Waals surface area (Å²) in [6.07, 6.45) is 6.69. The Morgan fingerprint density at radius 2 is 1.24 bits per heavy atom. The molecule has 0 saturated heterocycles. The summed E-state index contributed by atoms with van der Waals surface area (Å²) in [4.78, 5) is 7.30. The number of nitrogens with zero attached hydrogens (tertiary/aromatic N) is 3. The monoisotopic (exact) mass is 705 g/mol. The SMILES string of the molecule is C1=Cc2c(c3ccc(N(c4ccccc4)c4ccc5ccc6ccc7nc(-c8ccccc8)oc7c6c5c4)cc3n2-c2ccccc2-c2ccccc2)CC1. The Morgan fingerprint density at radius 3 is 2.07 bits per heavy atom. The van der Waals surface area contributed by atoms with Gasteiger partial charge in [-0.05, 0) is 107 Å². The summed E-state index contributed by atoms with van der Waals surface area (Å²) in [5, 5.41) is 5.76. The van der Waals surface area contributed by atoms with Gasteiger partial charge in [0.2, 0.25) is 5.89 Å². The number of allylic oxidation sites excluding steroid dienone is 1. The first-order valence-electron chi connectivity index (χ1n) is 18.9. The van der Waals surface area contributed by atoms with Crippen molar-refractivity contribution in [1.29, 1.82) is 0 Å².